The fourth-order valence-corrected chi connectivity index (χ4v) is 3.69. The number of alkyl halides is 1. The highest BCUT2D eigenvalue weighted by Crippen LogP contribution is 2.30. The maximum Gasteiger partial charge on any atom is 0.232 e. The van der Waals surface area contributed by atoms with Gasteiger partial charge in [0, 0.05) is 18.8 Å². The lowest BCUT2D eigenvalue weighted by atomic mass is 10.2. The van der Waals surface area contributed by atoms with Crippen molar-refractivity contribution in [3.8, 4) is 0 Å². The van der Waals surface area contributed by atoms with Crippen LogP contribution >= 0.6 is 11.6 Å². The second kappa shape index (κ2) is 7.13. The largest absolute Gasteiger partial charge is 0.310 e. The summed E-state index contributed by atoms with van der Waals surface area (Å²) < 4.78 is 26.7. The number of sulfonamides is 1. The highest BCUT2D eigenvalue weighted by Gasteiger charge is 2.24. The van der Waals surface area contributed by atoms with Gasteiger partial charge in [-0.3, -0.25) is 9.52 Å². The van der Waals surface area contributed by atoms with Crippen molar-refractivity contribution in [2.45, 2.75) is 25.7 Å². The van der Waals surface area contributed by atoms with Crippen LogP contribution in [-0.4, -0.2) is 32.5 Å². The van der Waals surface area contributed by atoms with Crippen molar-refractivity contribution in [2.24, 2.45) is 0 Å². The highest BCUT2D eigenvalue weighted by molar-refractivity contribution is 7.92. The summed E-state index contributed by atoms with van der Waals surface area (Å²) in [5, 5.41) is 0. The Labute approximate surface area is 130 Å². The zero-order valence-electron chi connectivity index (χ0n) is 11.7. The van der Waals surface area contributed by atoms with E-state index in [1.165, 1.54) is 0 Å². The molecule has 21 heavy (non-hydrogen) atoms. The first-order chi connectivity index (χ1) is 10.0. The van der Waals surface area contributed by atoms with Crippen molar-refractivity contribution >= 4 is 38.9 Å². The van der Waals surface area contributed by atoms with E-state index in [2.05, 4.69) is 4.72 Å². The Morgan fingerprint density at radius 1 is 1.24 bits per heavy atom. The van der Waals surface area contributed by atoms with Gasteiger partial charge >= 0.3 is 0 Å². The van der Waals surface area contributed by atoms with E-state index in [4.69, 9.17) is 11.6 Å². The van der Waals surface area contributed by atoms with E-state index in [0.717, 1.165) is 6.42 Å². The summed E-state index contributed by atoms with van der Waals surface area (Å²) in [6.07, 6.45) is 2.49. The number of halogens is 1. The normalized spacial score (nSPS) is 15.5. The number of nitrogens with one attached hydrogen (secondary N) is 1. The van der Waals surface area contributed by atoms with Crippen LogP contribution in [0.1, 0.15) is 25.7 Å². The third-order valence-electron chi connectivity index (χ3n) is 3.33. The number of para-hydroxylation sites is 2. The second-order valence-corrected chi connectivity index (χ2v) is 7.20. The molecule has 0 aromatic heterocycles. The predicted octanol–water partition coefficient (Wildman–Crippen LogP) is 2.57. The zero-order valence-corrected chi connectivity index (χ0v) is 13.3. The van der Waals surface area contributed by atoms with Crippen LogP contribution in [0, 0.1) is 0 Å². The van der Waals surface area contributed by atoms with Gasteiger partial charge in [-0.15, -0.1) is 11.6 Å². The smallest absolute Gasteiger partial charge is 0.232 e. The van der Waals surface area contributed by atoms with Gasteiger partial charge < -0.3 is 4.90 Å². The summed E-state index contributed by atoms with van der Waals surface area (Å²) in [4.78, 5) is 13.5. The average molecular weight is 331 g/mol. The van der Waals surface area contributed by atoms with Crippen molar-refractivity contribution in [1.29, 1.82) is 0 Å². The van der Waals surface area contributed by atoms with Gasteiger partial charge in [-0.05, 0) is 31.4 Å². The van der Waals surface area contributed by atoms with E-state index in [-0.39, 0.29) is 11.7 Å². The van der Waals surface area contributed by atoms with Gasteiger partial charge in [0.15, 0.2) is 0 Å². The van der Waals surface area contributed by atoms with E-state index in [0.29, 0.717) is 43.1 Å². The minimum atomic E-state index is -3.42. The van der Waals surface area contributed by atoms with E-state index in [9.17, 15) is 13.2 Å². The molecule has 0 saturated carbocycles. The molecule has 1 amide bonds. The number of unbranched alkanes of at least 4 members (excludes halogenated alkanes) is 1. The van der Waals surface area contributed by atoms with Gasteiger partial charge in [0.25, 0.3) is 0 Å². The lowest BCUT2D eigenvalue weighted by Gasteiger charge is -2.20. The number of rotatable bonds is 7. The molecular weight excluding hydrogens is 312 g/mol. The van der Waals surface area contributed by atoms with Gasteiger partial charge in [-0.2, -0.15) is 0 Å². The zero-order chi connectivity index (χ0) is 15.3. The number of hydrogen-bond acceptors (Lipinski definition) is 3. The molecule has 0 radical (unpaired) electrons. The highest BCUT2D eigenvalue weighted by atomic mass is 35.5. The van der Waals surface area contributed by atoms with Crippen molar-refractivity contribution in [1.82, 2.24) is 0 Å². The lowest BCUT2D eigenvalue weighted by molar-refractivity contribution is -0.117. The van der Waals surface area contributed by atoms with Crippen LogP contribution in [0.5, 0.6) is 0 Å². The molecular formula is C14H19ClN2O3S. The molecule has 1 aliphatic rings. The van der Waals surface area contributed by atoms with Gasteiger partial charge in [0.2, 0.25) is 15.9 Å². The molecule has 1 heterocycles. The number of carbonyl (C=O) groups is 1. The fourth-order valence-electron chi connectivity index (χ4n) is 2.30. The summed E-state index contributed by atoms with van der Waals surface area (Å²) in [6.45, 7) is 0.629. The molecule has 1 aromatic rings. The van der Waals surface area contributed by atoms with Crippen molar-refractivity contribution < 1.29 is 13.2 Å². The summed E-state index contributed by atoms with van der Waals surface area (Å²) in [6, 6.07) is 6.99. The Kier molecular flexibility index (Phi) is 5.47. The SMILES string of the molecule is O=C1CCCN1c1ccccc1NS(=O)(=O)CCCCCl. The molecule has 5 nitrogen and oxygen atoms in total. The van der Waals surface area contributed by atoms with Gasteiger partial charge in [-0.1, -0.05) is 12.1 Å². The van der Waals surface area contributed by atoms with Crippen LogP contribution in [-0.2, 0) is 14.8 Å². The predicted molar refractivity (Wildman–Crippen MR) is 85.4 cm³/mol. The third-order valence-corrected chi connectivity index (χ3v) is 4.95. The first-order valence-corrected chi connectivity index (χ1v) is 9.18. The summed E-state index contributed by atoms with van der Waals surface area (Å²) in [5.41, 5.74) is 1.08. The second-order valence-electron chi connectivity index (χ2n) is 4.98. The molecule has 0 atom stereocenters. The first kappa shape index (κ1) is 16.1. The van der Waals surface area contributed by atoms with Crippen LogP contribution in [0.15, 0.2) is 24.3 Å². The van der Waals surface area contributed by atoms with Crippen molar-refractivity contribution in [3.05, 3.63) is 24.3 Å². The monoisotopic (exact) mass is 330 g/mol. The Bertz CT molecular complexity index is 604. The van der Waals surface area contributed by atoms with E-state index in [1.54, 1.807) is 29.2 Å². The molecule has 7 heteroatoms. The van der Waals surface area contributed by atoms with Crippen LogP contribution in [0.2, 0.25) is 0 Å². The summed E-state index contributed by atoms with van der Waals surface area (Å²) in [5.74, 6) is 0.514. The maximum atomic E-state index is 12.1. The Morgan fingerprint density at radius 3 is 2.67 bits per heavy atom. The van der Waals surface area contributed by atoms with Gasteiger partial charge in [0.1, 0.15) is 0 Å². The minimum absolute atomic E-state index is 0.0298. The number of amides is 1. The summed E-state index contributed by atoms with van der Waals surface area (Å²) >= 11 is 5.56. The fraction of sp³-hybridized carbons (Fsp3) is 0.500. The van der Waals surface area contributed by atoms with E-state index < -0.39 is 10.0 Å². The van der Waals surface area contributed by atoms with Crippen LogP contribution in [0.4, 0.5) is 11.4 Å². The molecule has 116 valence electrons. The first-order valence-electron chi connectivity index (χ1n) is 6.99. The molecule has 0 aliphatic carbocycles. The lowest BCUT2D eigenvalue weighted by Crippen LogP contribution is -2.26. The Morgan fingerprint density at radius 2 is 2.00 bits per heavy atom. The number of anilines is 2. The quantitative estimate of drug-likeness (QED) is 0.617. The molecule has 0 unspecified atom stereocenters. The van der Waals surface area contributed by atoms with Crippen molar-refractivity contribution in [2.75, 3.05) is 27.8 Å². The van der Waals surface area contributed by atoms with Crippen molar-refractivity contribution in [3.63, 3.8) is 0 Å². The molecule has 1 saturated heterocycles. The van der Waals surface area contributed by atoms with Crippen LogP contribution in [0.25, 0.3) is 0 Å². The number of benzene rings is 1. The molecule has 1 N–H and O–H groups in total. The Hall–Kier alpha value is -1.27. The van der Waals surface area contributed by atoms with Gasteiger partial charge in [-0.25, -0.2) is 8.42 Å². The number of nitrogens with zero attached hydrogens (tertiary/aromatic N) is 1. The number of hydrogen-bond donors (Lipinski definition) is 1. The molecule has 0 bridgehead atoms. The Balaban J connectivity index is 2.15. The third kappa shape index (κ3) is 4.35. The molecule has 1 fully saturated rings. The standard InChI is InChI=1S/C14H19ClN2O3S/c15-9-3-4-11-21(19,20)16-12-6-1-2-7-13(12)17-10-5-8-14(17)18/h1-2,6-7,16H,3-5,8-11H2. The molecule has 1 aromatic carbocycles. The van der Waals surface area contributed by atoms with Crippen LogP contribution in [0.3, 0.4) is 0 Å². The van der Waals surface area contributed by atoms with Gasteiger partial charge in [0.05, 0.1) is 17.1 Å². The molecule has 1 aliphatic heterocycles. The maximum absolute atomic E-state index is 12.1. The van der Waals surface area contributed by atoms with Crippen LogP contribution < -0.4 is 9.62 Å². The molecule has 0 spiro atoms. The minimum Gasteiger partial charge on any atom is -0.310 e. The molecule has 2 rings (SSSR count). The van der Waals surface area contributed by atoms with E-state index in [1.807, 2.05) is 0 Å². The average Bonchev–Trinajstić information content (AvgIpc) is 2.85. The number of carbonyl (C=O) groups excluding carboxylic acids is 1. The summed E-state index contributed by atoms with van der Waals surface area (Å²) in [7, 11) is -3.42. The van der Waals surface area contributed by atoms with E-state index >= 15 is 0 Å². The topological polar surface area (TPSA) is 66.5 Å².